The van der Waals surface area contributed by atoms with E-state index < -0.39 is 12.0 Å². The van der Waals surface area contributed by atoms with Crippen molar-refractivity contribution in [3.8, 4) is 22.5 Å². The van der Waals surface area contributed by atoms with Crippen molar-refractivity contribution in [2.24, 2.45) is 0 Å². The average Bonchev–Trinajstić information content (AvgIpc) is 3.40. The highest BCUT2D eigenvalue weighted by Gasteiger charge is 2.33. The second-order valence-corrected chi connectivity index (χ2v) is 14.2. The maximum absolute atomic E-state index is 13.3. The molecule has 262 valence electrons. The first-order chi connectivity index (χ1) is 25.2. The quantitative estimate of drug-likeness (QED) is 0.155. The number of benzene rings is 2. The molecule has 9 rings (SSSR count). The van der Waals surface area contributed by atoms with Crippen LogP contribution in [0.4, 0.5) is 11.8 Å². The van der Waals surface area contributed by atoms with Crippen LogP contribution < -0.4 is 22.5 Å². The van der Waals surface area contributed by atoms with E-state index in [1.165, 1.54) is 20.0 Å². The summed E-state index contributed by atoms with van der Waals surface area (Å²) in [7, 11) is 0. The molecule has 7 aromatic rings. The number of oxazole rings is 1. The fourth-order valence-corrected chi connectivity index (χ4v) is 7.53. The van der Waals surface area contributed by atoms with Gasteiger partial charge in [-0.2, -0.15) is 5.01 Å². The number of halogens is 2. The molecule has 1 atom stereocenters. The van der Waals surface area contributed by atoms with Gasteiger partial charge in [0.15, 0.2) is 12.0 Å². The van der Waals surface area contributed by atoms with Crippen molar-refractivity contribution in [3.63, 3.8) is 0 Å². The lowest BCUT2D eigenvalue weighted by Gasteiger charge is -2.17. The van der Waals surface area contributed by atoms with Crippen molar-refractivity contribution in [3.05, 3.63) is 121 Å². The number of nitrogens with two attached hydrogens (primary N) is 1. The smallest absolute Gasteiger partial charge is 0.353 e. The Balaban J connectivity index is 0.901. The number of hydrogen-bond acceptors (Lipinski definition) is 13. The minimum Gasteiger partial charge on any atom is -0.448 e. The van der Waals surface area contributed by atoms with E-state index in [-0.39, 0.29) is 24.7 Å². The summed E-state index contributed by atoms with van der Waals surface area (Å²) in [5, 5.41) is 29.9. The van der Waals surface area contributed by atoms with Crippen molar-refractivity contribution in [1.82, 2.24) is 43.9 Å². The number of nitrogens with zero attached hydrogens (tertiary/aromatic N) is 9. The van der Waals surface area contributed by atoms with Gasteiger partial charge in [-0.05, 0) is 50.3 Å². The number of hydrazine groups is 1. The maximum Gasteiger partial charge on any atom is 0.353 e. The molecule has 18 heteroatoms. The van der Waals surface area contributed by atoms with Crippen LogP contribution in [-0.4, -0.2) is 49.0 Å². The van der Waals surface area contributed by atoms with E-state index in [9.17, 15) is 9.90 Å². The predicted octanol–water partition coefficient (Wildman–Crippen LogP) is 4.79. The fourth-order valence-electron chi connectivity index (χ4n) is 6.36. The van der Waals surface area contributed by atoms with Gasteiger partial charge in [-0.15, -0.1) is 5.10 Å². The van der Waals surface area contributed by atoms with Gasteiger partial charge in [0.1, 0.15) is 23.0 Å². The first kappa shape index (κ1) is 32.5. The highest BCUT2D eigenvalue weighted by Crippen LogP contribution is 2.42. The van der Waals surface area contributed by atoms with Crippen LogP contribution >= 0.6 is 31.9 Å². The van der Waals surface area contributed by atoms with Gasteiger partial charge in [-0.3, -0.25) is 15.4 Å². The van der Waals surface area contributed by atoms with E-state index in [1.54, 1.807) is 5.01 Å². The molecule has 1 aliphatic heterocycles. The Kier molecular flexibility index (Phi) is 7.90. The Bertz CT molecular complexity index is 2610. The number of aliphatic hydroxyl groups excluding tert-OH is 1. The maximum atomic E-state index is 13.3. The number of aromatic nitrogens is 8. The minimum atomic E-state index is -1.19. The van der Waals surface area contributed by atoms with Gasteiger partial charge in [-0.25, -0.2) is 28.8 Å². The molecule has 16 nitrogen and oxygen atoms in total. The third kappa shape index (κ3) is 5.63. The normalized spacial score (nSPS) is 15.7. The summed E-state index contributed by atoms with van der Waals surface area (Å²) in [6, 6.07) is 19.1. The third-order valence-electron chi connectivity index (χ3n) is 9.07. The molecule has 0 spiro atoms. The number of nitrogen functional groups attached to an aromatic ring is 1. The zero-order valence-electron chi connectivity index (χ0n) is 27.1. The van der Waals surface area contributed by atoms with Crippen molar-refractivity contribution in [1.29, 1.82) is 5.41 Å². The predicted molar refractivity (Wildman–Crippen MR) is 193 cm³/mol. The second-order valence-electron chi connectivity index (χ2n) is 12.6. The van der Waals surface area contributed by atoms with Crippen LogP contribution in [-0.2, 0) is 19.5 Å². The lowest BCUT2D eigenvalue weighted by Crippen LogP contribution is -2.32. The standard InChI is InChI=1S/C34H28Br2N12O4/c35-24-26(18-4-2-1-3-5-18)40-31(37)47-29(24)42-45(33(47)49)14-21-13-22(52-44-21)12-17-6-8-19(9-7-17)27-25(36)30-43-46(34(50)48(30)32(38)41-27)15-23-28(20-10-11-20)51-16-39-23/h1-9,13,16,20,33,37,42,49H,10-12,14-15H2,(H2,38,41). The molecule has 5 aromatic heterocycles. The molecule has 1 aliphatic carbocycles. The van der Waals surface area contributed by atoms with E-state index in [1.807, 2.05) is 60.7 Å². The van der Waals surface area contributed by atoms with Gasteiger partial charge >= 0.3 is 5.69 Å². The minimum absolute atomic E-state index is 0.0172. The molecule has 0 radical (unpaired) electrons. The van der Waals surface area contributed by atoms with Crippen LogP contribution in [0.25, 0.3) is 28.2 Å². The molecule has 1 unspecified atom stereocenters. The molecule has 0 amide bonds. The summed E-state index contributed by atoms with van der Waals surface area (Å²) >= 11 is 7.22. The van der Waals surface area contributed by atoms with Gasteiger partial charge < -0.3 is 19.8 Å². The largest absolute Gasteiger partial charge is 0.448 e. The molecule has 2 aliphatic rings. The van der Waals surface area contributed by atoms with Crippen molar-refractivity contribution in [2.45, 2.75) is 44.6 Å². The average molecular weight is 828 g/mol. The Labute approximate surface area is 310 Å². The zero-order chi connectivity index (χ0) is 35.7. The SMILES string of the molecule is N=c1nc(-c2ccccc2)c(Br)c2n1C(O)N(Cc1cc(Cc3ccc(-c4nc(N)n5c(=O)n(Cc6ncoc6C6CC6)nc5c4Br)cc3)on1)N2. The molecule has 0 saturated heterocycles. The number of rotatable bonds is 9. The Morgan fingerprint density at radius 3 is 2.52 bits per heavy atom. The van der Waals surface area contributed by atoms with E-state index in [2.05, 4.69) is 62.5 Å². The van der Waals surface area contributed by atoms with E-state index in [0.29, 0.717) is 61.3 Å². The molecule has 5 N–H and O–H groups in total. The number of hydrogen-bond donors (Lipinski definition) is 4. The van der Waals surface area contributed by atoms with Crippen LogP contribution in [0.1, 0.15) is 53.6 Å². The van der Waals surface area contributed by atoms with Crippen molar-refractivity contribution >= 4 is 49.3 Å². The summed E-state index contributed by atoms with van der Waals surface area (Å²) < 4.78 is 16.4. The summed E-state index contributed by atoms with van der Waals surface area (Å²) in [6.07, 6.45) is 2.77. The Morgan fingerprint density at radius 1 is 1.00 bits per heavy atom. The molecule has 2 aromatic carbocycles. The van der Waals surface area contributed by atoms with Gasteiger partial charge in [0.05, 0.1) is 39.1 Å². The Hall–Kier alpha value is -5.43. The molecule has 6 heterocycles. The molecule has 52 heavy (non-hydrogen) atoms. The van der Waals surface area contributed by atoms with Crippen molar-refractivity contribution < 1.29 is 14.0 Å². The second kappa shape index (κ2) is 12.7. The van der Waals surface area contributed by atoms with Crippen LogP contribution in [0.3, 0.4) is 0 Å². The molecule has 0 bridgehead atoms. The summed E-state index contributed by atoms with van der Waals surface area (Å²) in [5.41, 5.74) is 14.3. The van der Waals surface area contributed by atoms with Crippen LogP contribution in [0, 0.1) is 5.41 Å². The lowest BCUT2D eigenvalue weighted by atomic mass is 10.1. The van der Waals surface area contributed by atoms with Gasteiger partial charge in [0, 0.05) is 29.5 Å². The van der Waals surface area contributed by atoms with Gasteiger partial charge in [-0.1, -0.05) is 59.8 Å². The number of fused-ring (bicyclic) bond motifs is 2. The first-order valence-electron chi connectivity index (χ1n) is 16.3. The zero-order valence-corrected chi connectivity index (χ0v) is 30.2. The monoisotopic (exact) mass is 826 g/mol. The lowest BCUT2D eigenvalue weighted by molar-refractivity contribution is -0.0281. The molecule has 1 fully saturated rings. The summed E-state index contributed by atoms with van der Waals surface area (Å²) in [6.45, 7) is 0.362. The summed E-state index contributed by atoms with van der Waals surface area (Å²) in [5.74, 6) is 2.30. The Morgan fingerprint density at radius 2 is 1.75 bits per heavy atom. The fraction of sp³-hybridized carbons (Fsp3) is 0.206. The topological polar surface area (TPSA) is 207 Å². The van der Waals surface area contributed by atoms with E-state index >= 15 is 0 Å². The van der Waals surface area contributed by atoms with Gasteiger partial charge in [0.2, 0.25) is 17.9 Å². The number of aliphatic hydroxyl groups is 1. The van der Waals surface area contributed by atoms with E-state index in [0.717, 1.165) is 35.3 Å². The van der Waals surface area contributed by atoms with Gasteiger partial charge in [0.25, 0.3) is 0 Å². The highest BCUT2D eigenvalue weighted by atomic mass is 79.9. The summed E-state index contributed by atoms with van der Waals surface area (Å²) in [4.78, 5) is 26.5. The van der Waals surface area contributed by atoms with Crippen LogP contribution in [0.2, 0.25) is 0 Å². The first-order valence-corrected chi connectivity index (χ1v) is 17.9. The van der Waals surface area contributed by atoms with Crippen LogP contribution in [0.15, 0.2) is 89.7 Å². The molecule has 1 saturated carbocycles. The van der Waals surface area contributed by atoms with E-state index in [4.69, 9.17) is 20.1 Å². The van der Waals surface area contributed by atoms with Crippen molar-refractivity contribution in [2.75, 3.05) is 11.2 Å². The van der Waals surface area contributed by atoms with Crippen LogP contribution in [0.5, 0.6) is 0 Å². The number of nitrogens with one attached hydrogen (secondary N) is 2. The third-order valence-corrected chi connectivity index (χ3v) is 10.6. The number of anilines is 2. The molecular weight excluding hydrogens is 800 g/mol. The highest BCUT2D eigenvalue weighted by molar-refractivity contribution is 9.11. The molecular formula is C34H28Br2N12O4.